The molecular weight excluding hydrogens is 228 g/mol. The van der Waals surface area contributed by atoms with Crippen molar-refractivity contribution in [2.24, 2.45) is 0 Å². The van der Waals surface area contributed by atoms with Crippen LogP contribution < -0.4 is 5.32 Å². The Kier molecular flexibility index (Phi) is 8.81. The molecule has 1 amide bonds. The van der Waals surface area contributed by atoms with Gasteiger partial charge in [-0.1, -0.05) is 49.9 Å². The molecule has 0 fully saturated rings. The molecule has 0 saturated heterocycles. The Morgan fingerprint density at radius 2 is 2.28 bits per heavy atom. The van der Waals surface area contributed by atoms with E-state index >= 15 is 0 Å². The third kappa shape index (κ3) is 5.79. The van der Waals surface area contributed by atoms with Gasteiger partial charge < -0.3 is 5.32 Å². The van der Waals surface area contributed by atoms with Gasteiger partial charge in [-0.25, -0.2) is 4.68 Å². The van der Waals surface area contributed by atoms with E-state index in [2.05, 4.69) is 22.2 Å². The van der Waals surface area contributed by atoms with E-state index in [4.69, 9.17) is 0 Å². The molecule has 18 heavy (non-hydrogen) atoms. The molecule has 1 N–H and O–H groups in total. The predicted molar refractivity (Wildman–Crippen MR) is 74.2 cm³/mol. The lowest BCUT2D eigenvalue weighted by atomic mass is 10.2. The molecule has 0 radical (unpaired) electrons. The number of nitrogens with one attached hydrogen (secondary N) is 1. The van der Waals surface area contributed by atoms with Crippen LogP contribution in [-0.2, 0) is 11.3 Å². The van der Waals surface area contributed by atoms with Gasteiger partial charge in [-0.3, -0.25) is 4.79 Å². The van der Waals surface area contributed by atoms with Gasteiger partial charge in [0.15, 0.2) is 5.82 Å². The smallest absolute Gasteiger partial charge is 0.212 e. The molecule has 0 atom stereocenters. The average molecular weight is 248 g/mol. The molecule has 0 bridgehead atoms. The SMILES string of the molecule is C=C/C=C(\C=C/C)Cn1cc(NC=O)nn1.CC. The molecule has 0 saturated carbocycles. The summed E-state index contributed by atoms with van der Waals surface area (Å²) in [4.78, 5) is 10.2. The number of carbonyl (C=O) groups excluding carboxylic acids is 1. The van der Waals surface area contributed by atoms with Gasteiger partial charge in [0, 0.05) is 0 Å². The first kappa shape index (κ1) is 15.8. The van der Waals surface area contributed by atoms with E-state index in [1.165, 1.54) is 0 Å². The largest absolute Gasteiger partial charge is 0.310 e. The molecule has 5 heteroatoms. The van der Waals surface area contributed by atoms with Gasteiger partial charge in [-0.2, -0.15) is 0 Å². The molecule has 0 aliphatic heterocycles. The van der Waals surface area contributed by atoms with Crippen molar-refractivity contribution in [2.45, 2.75) is 27.3 Å². The number of rotatable bonds is 6. The van der Waals surface area contributed by atoms with E-state index in [0.29, 0.717) is 18.8 Å². The minimum Gasteiger partial charge on any atom is -0.310 e. The second kappa shape index (κ2) is 10.0. The number of amides is 1. The van der Waals surface area contributed by atoms with E-state index in [1.54, 1.807) is 17.0 Å². The van der Waals surface area contributed by atoms with Crippen molar-refractivity contribution >= 4 is 12.2 Å². The zero-order valence-corrected chi connectivity index (χ0v) is 11.1. The Balaban J connectivity index is 0.00000137. The topological polar surface area (TPSA) is 59.8 Å². The third-order valence-electron chi connectivity index (χ3n) is 1.80. The zero-order valence-electron chi connectivity index (χ0n) is 11.1. The fraction of sp³-hybridized carbons (Fsp3) is 0.308. The molecule has 0 unspecified atom stereocenters. The average Bonchev–Trinajstić information content (AvgIpc) is 2.80. The van der Waals surface area contributed by atoms with Crippen LogP contribution in [0.25, 0.3) is 0 Å². The van der Waals surface area contributed by atoms with Crippen LogP contribution in [0.2, 0.25) is 0 Å². The molecule has 98 valence electrons. The van der Waals surface area contributed by atoms with Gasteiger partial charge >= 0.3 is 0 Å². The van der Waals surface area contributed by atoms with Gasteiger partial charge in [0.25, 0.3) is 0 Å². The van der Waals surface area contributed by atoms with E-state index < -0.39 is 0 Å². The van der Waals surface area contributed by atoms with Gasteiger partial charge in [0.2, 0.25) is 6.41 Å². The van der Waals surface area contributed by atoms with E-state index in [1.807, 2.05) is 39.0 Å². The number of allylic oxidation sites excluding steroid dienone is 5. The van der Waals surface area contributed by atoms with Crippen LogP contribution in [0.4, 0.5) is 5.82 Å². The fourth-order valence-corrected chi connectivity index (χ4v) is 1.22. The van der Waals surface area contributed by atoms with Crippen LogP contribution in [0.5, 0.6) is 0 Å². The highest BCUT2D eigenvalue weighted by Gasteiger charge is 2.00. The molecular formula is C13H20N4O. The summed E-state index contributed by atoms with van der Waals surface area (Å²) < 4.78 is 1.64. The quantitative estimate of drug-likeness (QED) is 0.621. The first-order chi connectivity index (χ1) is 8.80. The Morgan fingerprint density at radius 3 is 2.83 bits per heavy atom. The number of hydrogen-bond acceptors (Lipinski definition) is 3. The number of hydrogen-bond donors (Lipinski definition) is 1. The van der Waals surface area contributed by atoms with Crippen LogP contribution in [0.3, 0.4) is 0 Å². The summed E-state index contributed by atoms with van der Waals surface area (Å²) in [5, 5.41) is 10.1. The van der Waals surface area contributed by atoms with Crippen molar-refractivity contribution in [3.05, 3.63) is 42.7 Å². The Morgan fingerprint density at radius 1 is 1.56 bits per heavy atom. The summed E-state index contributed by atoms with van der Waals surface area (Å²) in [6, 6.07) is 0. The highest BCUT2D eigenvalue weighted by Crippen LogP contribution is 2.04. The molecule has 1 aromatic rings. The number of carbonyl (C=O) groups is 1. The Labute approximate surface area is 108 Å². The summed E-state index contributed by atoms with van der Waals surface area (Å²) in [6.07, 6.45) is 9.76. The summed E-state index contributed by atoms with van der Waals surface area (Å²) in [5.74, 6) is 0.438. The third-order valence-corrected chi connectivity index (χ3v) is 1.80. The summed E-state index contributed by atoms with van der Waals surface area (Å²) in [7, 11) is 0. The Bertz CT molecular complexity index is 418. The highest BCUT2D eigenvalue weighted by molar-refractivity contribution is 5.67. The maximum Gasteiger partial charge on any atom is 0.212 e. The number of anilines is 1. The van der Waals surface area contributed by atoms with Crippen molar-refractivity contribution in [2.75, 3.05) is 5.32 Å². The molecule has 1 rings (SSSR count). The summed E-state index contributed by atoms with van der Waals surface area (Å²) >= 11 is 0. The van der Waals surface area contributed by atoms with Crippen LogP contribution in [0.15, 0.2) is 42.7 Å². The second-order valence-corrected chi connectivity index (χ2v) is 3.04. The normalized spacial score (nSPS) is 10.7. The van der Waals surface area contributed by atoms with Crippen molar-refractivity contribution < 1.29 is 4.79 Å². The van der Waals surface area contributed by atoms with Crippen molar-refractivity contribution in [3.63, 3.8) is 0 Å². The van der Waals surface area contributed by atoms with Gasteiger partial charge in [-0.05, 0) is 12.5 Å². The zero-order chi connectivity index (χ0) is 13.8. The molecule has 1 heterocycles. The maximum absolute atomic E-state index is 10.2. The first-order valence-electron chi connectivity index (χ1n) is 5.84. The molecule has 0 aliphatic carbocycles. The monoisotopic (exact) mass is 248 g/mol. The fourth-order valence-electron chi connectivity index (χ4n) is 1.22. The van der Waals surface area contributed by atoms with E-state index in [-0.39, 0.29) is 0 Å². The number of aromatic nitrogens is 3. The van der Waals surface area contributed by atoms with Gasteiger partial charge in [0.1, 0.15) is 0 Å². The maximum atomic E-state index is 10.2. The highest BCUT2D eigenvalue weighted by atomic mass is 16.1. The van der Waals surface area contributed by atoms with Crippen LogP contribution >= 0.6 is 0 Å². The summed E-state index contributed by atoms with van der Waals surface area (Å²) in [6.45, 7) is 10.2. The standard InChI is InChI=1S/C11H14N4O.C2H6/c1-3-5-10(6-4-2)7-15-8-11(12-9-16)13-14-15;1-2/h3-6,8-9H,1,7H2,2H3,(H,12,16);1-2H3/b6-4-,10-5+;. The first-order valence-corrected chi connectivity index (χ1v) is 5.84. The van der Waals surface area contributed by atoms with Gasteiger partial charge in [0.05, 0.1) is 12.7 Å². The molecule has 0 aliphatic rings. The Hall–Kier alpha value is -2.17. The predicted octanol–water partition coefficient (Wildman–Crippen LogP) is 2.56. The lowest BCUT2D eigenvalue weighted by Crippen LogP contribution is -2.00. The second-order valence-electron chi connectivity index (χ2n) is 3.04. The van der Waals surface area contributed by atoms with Crippen molar-refractivity contribution in [1.29, 1.82) is 0 Å². The van der Waals surface area contributed by atoms with E-state index in [9.17, 15) is 4.79 Å². The molecule has 0 aromatic carbocycles. The van der Waals surface area contributed by atoms with Crippen molar-refractivity contribution in [3.8, 4) is 0 Å². The summed E-state index contributed by atoms with van der Waals surface area (Å²) in [5.41, 5.74) is 1.06. The molecule has 0 spiro atoms. The van der Waals surface area contributed by atoms with Crippen LogP contribution in [-0.4, -0.2) is 21.4 Å². The number of nitrogens with zero attached hydrogens (tertiary/aromatic N) is 3. The van der Waals surface area contributed by atoms with Crippen molar-refractivity contribution in [1.82, 2.24) is 15.0 Å². The lowest BCUT2D eigenvalue weighted by molar-refractivity contribution is -0.105. The van der Waals surface area contributed by atoms with E-state index in [0.717, 1.165) is 5.57 Å². The molecule has 5 nitrogen and oxygen atoms in total. The molecule has 1 aromatic heterocycles. The van der Waals surface area contributed by atoms with Crippen LogP contribution in [0.1, 0.15) is 20.8 Å². The van der Waals surface area contributed by atoms with Crippen LogP contribution in [0, 0.1) is 0 Å². The van der Waals surface area contributed by atoms with Gasteiger partial charge in [-0.15, -0.1) is 5.10 Å². The minimum absolute atomic E-state index is 0.438. The minimum atomic E-state index is 0.438. The lowest BCUT2D eigenvalue weighted by Gasteiger charge is -2.00.